The molecule has 0 fully saturated rings. The van der Waals surface area contributed by atoms with E-state index in [1.54, 1.807) is 37.8 Å². The van der Waals surface area contributed by atoms with E-state index in [0.717, 1.165) is 39.8 Å². The number of carbonyl (C=O) groups is 2. The number of nitro benzene ring substituents is 1. The number of hydrogen-bond donors (Lipinski definition) is 1. The number of benzene rings is 2. The topological polar surface area (TPSA) is 147 Å². The number of pyridine rings is 2. The van der Waals surface area contributed by atoms with Gasteiger partial charge >= 0.3 is 0 Å². The highest BCUT2D eigenvalue weighted by molar-refractivity contribution is 5.87. The van der Waals surface area contributed by atoms with Gasteiger partial charge in [-0.05, 0) is 83.8 Å². The third-order valence-electron chi connectivity index (χ3n) is 8.38. The second-order valence-electron chi connectivity index (χ2n) is 11.7. The van der Waals surface area contributed by atoms with Crippen molar-refractivity contribution in [1.82, 2.24) is 9.13 Å². The van der Waals surface area contributed by atoms with Crippen LogP contribution in [0.2, 0.25) is 0 Å². The molecule has 44 heavy (non-hydrogen) atoms. The summed E-state index contributed by atoms with van der Waals surface area (Å²) >= 11 is 0. The van der Waals surface area contributed by atoms with Gasteiger partial charge in [-0.2, -0.15) is 0 Å². The van der Waals surface area contributed by atoms with Crippen LogP contribution in [0.5, 0.6) is 0 Å². The minimum Gasteiger partial charge on any atom is -0.398 e. The minimum absolute atomic E-state index is 0.00952. The fourth-order valence-electron chi connectivity index (χ4n) is 6.02. The first-order valence-corrected chi connectivity index (χ1v) is 14.4. The molecule has 6 rings (SSSR count). The lowest BCUT2D eigenvalue weighted by atomic mass is 9.87. The molecule has 0 bridgehead atoms. The van der Waals surface area contributed by atoms with Crippen molar-refractivity contribution in [3.8, 4) is 22.3 Å². The van der Waals surface area contributed by atoms with E-state index in [4.69, 9.17) is 5.73 Å². The molecule has 0 unspecified atom stereocenters. The number of ketones is 2. The first-order chi connectivity index (χ1) is 20.8. The van der Waals surface area contributed by atoms with E-state index in [0.29, 0.717) is 53.6 Å². The van der Waals surface area contributed by atoms with Crippen molar-refractivity contribution in [3.63, 3.8) is 0 Å². The lowest BCUT2D eigenvalue weighted by Gasteiger charge is -2.19. The summed E-state index contributed by atoms with van der Waals surface area (Å²) in [5, 5.41) is 11.4. The lowest BCUT2D eigenvalue weighted by molar-refractivity contribution is -0.385. The third-order valence-corrected chi connectivity index (χ3v) is 8.38. The molecule has 226 valence electrons. The van der Waals surface area contributed by atoms with Crippen LogP contribution < -0.4 is 16.9 Å². The molecule has 2 aliphatic rings. The van der Waals surface area contributed by atoms with E-state index < -0.39 is 4.92 Å². The van der Waals surface area contributed by atoms with Crippen molar-refractivity contribution in [3.05, 3.63) is 113 Å². The van der Waals surface area contributed by atoms with Gasteiger partial charge < -0.3 is 14.9 Å². The van der Waals surface area contributed by atoms with Crippen molar-refractivity contribution in [1.29, 1.82) is 0 Å². The fourth-order valence-corrected chi connectivity index (χ4v) is 6.02. The summed E-state index contributed by atoms with van der Waals surface area (Å²) in [6.07, 6.45) is 6.33. The molecule has 2 aliphatic carbocycles. The zero-order chi connectivity index (χ0) is 31.9. The molecular weight excluding hydrogens is 560 g/mol. The smallest absolute Gasteiger partial charge is 0.273 e. The zero-order valence-corrected chi connectivity index (χ0v) is 25.2. The van der Waals surface area contributed by atoms with E-state index in [9.17, 15) is 29.3 Å². The molecule has 0 atom stereocenters. The van der Waals surface area contributed by atoms with Gasteiger partial charge in [-0.25, -0.2) is 0 Å². The fraction of sp³-hybridized carbons (Fsp3) is 0.294. The van der Waals surface area contributed by atoms with Crippen LogP contribution in [0.15, 0.2) is 58.4 Å². The minimum atomic E-state index is -0.435. The highest BCUT2D eigenvalue weighted by Crippen LogP contribution is 2.34. The number of nitrogens with two attached hydrogens (primary N) is 1. The van der Waals surface area contributed by atoms with E-state index in [1.165, 1.54) is 10.6 Å². The normalized spacial score (nSPS) is 13.9. The molecule has 0 aliphatic heterocycles. The molecular formula is C34H34N4O6. The molecule has 2 aromatic carbocycles. The van der Waals surface area contributed by atoms with Gasteiger partial charge in [0.2, 0.25) is 0 Å². The third kappa shape index (κ3) is 6.01. The summed E-state index contributed by atoms with van der Waals surface area (Å²) < 4.78 is 3.06. The molecule has 0 saturated carbocycles. The van der Waals surface area contributed by atoms with Crippen LogP contribution in [-0.2, 0) is 49.4 Å². The average Bonchev–Trinajstić information content (AvgIpc) is 2.98. The second kappa shape index (κ2) is 11.9. The summed E-state index contributed by atoms with van der Waals surface area (Å²) in [6, 6.07) is 11.0. The standard InChI is InChI=1S/C17H16N2O4.C17H18N2O2/c1-10-5-13(9-18(2)17(10)21)12-6-11-3-4-14(20)8-15(11)16(7-12)19(22)23;1-10-5-13(9-19(2)17(10)21)12-6-11-3-4-14(20)8-15(11)16(18)7-12/h5-7,9H,3-4,8H2,1-2H3;5-7,9H,3-4,8,18H2,1-2H3. The number of hydrogen-bond acceptors (Lipinski definition) is 7. The Balaban J connectivity index is 0.000000175. The van der Waals surface area contributed by atoms with Gasteiger partial charge in [0, 0.05) is 80.6 Å². The van der Waals surface area contributed by atoms with Crippen LogP contribution in [-0.4, -0.2) is 25.6 Å². The Hall–Kier alpha value is -5.12. The molecule has 10 heteroatoms. The van der Waals surface area contributed by atoms with Gasteiger partial charge in [-0.15, -0.1) is 0 Å². The van der Waals surface area contributed by atoms with Gasteiger partial charge in [0.1, 0.15) is 11.6 Å². The number of nitro groups is 1. The molecule has 0 saturated heterocycles. The second-order valence-corrected chi connectivity index (χ2v) is 11.7. The Labute approximate surface area is 253 Å². The SMILES string of the molecule is Cc1cc(-c2cc(N)c3c(c2)CCC(=O)C3)cn(C)c1=O.Cc1cc(-c2cc3c(c([N+](=O)[O-])c2)CC(=O)CC3)cn(C)c1=O. The van der Waals surface area contributed by atoms with Gasteiger partial charge in [-0.1, -0.05) is 12.1 Å². The van der Waals surface area contributed by atoms with Crippen LogP contribution in [0.25, 0.3) is 22.3 Å². The highest BCUT2D eigenvalue weighted by atomic mass is 16.6. The first-order valence-electron chi connectivity index (χ1n) is 14.4. The summed E-state index contributed by atoms with van der Waals surface area (Å²) in [7, 11) is 3.41. The van der Waals surface area contributed by atoms with Crippen molar-refractivity contribution < 1.29 is 14.5 Å². The molecule has 2 heterocycles. The Kier molecular flexibility index (Phi) is 8.19. The predicted molar refractivity (Wildman–Crippen MR) is 169 cm³/mol. The number of rotatable bonds is 3. The molecule has 0 amide bonds. The van der Waals surface area contributed by atoms with Crippen molar-refractivity contribution in [2.24, 2.45) is 14.1 Å². The Morgan fingerprint density at radius 2 is 1.11 bits per heavy atom. The summed E-state index contributed by atoms with van der Waals surface area (Å²) in [4.78, 5) is 57.7. The Morgan fingerprint density at radius 1 is 0.659 bits per heavy atom. The van der Waals surface area contributed by atoms with Crippen molar-refractivity contribution in [2.75, 3.05) is 5.73 Å². The summed E-state index contributed by atoms with van der Waals surface area (Å²) in [5.74, 6) is 0.284. The Bertz CT molecular complexity index is 1930. The number of aryl methyl sites for hydroxylation is 6. The number of nitrogens with zero attached hydrogens (tertiary/aromatic N) is 3. The predicted octanol–water partition coefficient (Wildman–Crippen LogP) is 4.33. The number of Topliss-reactive ketones (excluding diaryl/α,β-unsaturated/α-hetero) is 2. The Morgan fingerprint density at radius 3 is 1.59 bits per heavy atom. The zero-order valence-electron chi connectivity index (χ0n) is 25.2. The van der Waals surface area contributed by atoms with Crippen LogP contribution in [0.3, 0.4) is 0 Å². The van der Waals surface area contributed by atoms with E-state index in [2.05, 4.69) is 6.07 Å². The van der Waals surface area contributed by atoms with Gasteiger partial charge in [-0.3, -0.25) is 29.3 Å². The van der Waals surface area contributed by atoms with Crippen molar-refractivity contribution in [2.45, 2.75) is 52.4 Å². The lowest BCUT2D eigenvalue weighted by Crippen LogP contribution is -2.18. The van der Waals surface area contributed by atoms with Crippen LogP contribution in [0.1, 0.15) is 46.2 Å². The van der Waals surface area contributed by atoms with Gasteiger partial charge in [0.25, 0.3) is 16.8 Å². The van der Waals surface area contributed by atoms with E-state index >= 15 is 0 Å². The number of carbonyl (C=O) groups excluding carboxylic acids is 2. The molecule has 2 aromatic heterocycles. The molecule has 4 aromatic rings. The number of fused-ring (bicyclic) bond motifs is 2. The number of anilines is 1. The largest absolute Gasteiger partial charge is 0.398 e. The first kappa shape index (κ1) is 30.3. The number of aromatic nitrogens is 2. The van der Waals surface area contributed by atoms with E-state index in [-0.39, 0.29) is 34.8 Å². The van der Waals surface area contributed by atoms with Crippen LogP contribution in [0, 0.1) is 24.0 Å². The maximum absolute atomic E-state index is 11.8. The maximum atomic E-state index is 11.8. The van der Waals surface area contributed by atoms with Crippen LogP contribution in [0.4, 0.5) is 11.4 Å². The molecule has 10 nitrogen and oxygen atoms in total. The monoisotopic (exact) mass is 594 g/mol. The summed E-state index contributed by atoms with van der Waals surface area (Å²) in [6.45, 7) is 3.53. The highest BCUT2D eigenvalue weighted by Gasteiger charge is 2.26. The van der Waals surface area contributed by atoms with Gasteiger partial charge in [0.15, 0.2) is 0 Å². The summed E-state index contributed by atoms with van der Waals surface area (Å²) in [5.41, 5.74) is 14.9. The van der Waals surface area contributed by atoms with E-state index in [1.807, 2.05) is 31.3 Å². The van der Waals surface area contributed by atoms with Gasteiger partial charge in [0.05, 0.1) is 4.92 Å². The molecule has 0 spiro atoms. The maximum Gasteiger partial charge on any atom is 0.273 e. The number of nitrogen functional groups attached to an aromatic ring is 1. The molecule has 0 radical (unpaired) electrons. The molecule has 2 N–H and O–H groups in total. The quantitative estimate of drug-likeness (QED) is 0.211. The van der Waals surface area contributed by atoms with Crippen molar-refractivity contribution >= 4 is 22.9 Å². The average molecular weight is 595 g/mol. The van der Waals surface area contributed by atoms with Crippen LogP contribution >= 0.6 is 0 Å².